The first kappa shape index (κ1) is 14.2. The number of quaternary nitrogens is 1. The normalized spacial score (nSPS) is 27.0. The van der Waals surface area contributed by atoms with E-state index in [2.05, 4.69) is 13.8 Å². The van der Waals surface area contributed by atoms with E-state index in [4.69, 9.17) is 0 Å². The van der Waals surface area contributed by atoms with Crippen molar-refractivity contribution >= 4 is 0 Å². The topological polar surface area (TPSA) is 4.44 Å². The molecule has 14 heavy (non-hydrogen) atoms. The number of rotatable bonds is 5. The van der Waals surface area contributed by atoms with Crippen molar-refractivity contribution in [3.05, 3.63) is 0 Å². The molecule has 0 saturated carbocycles. The zero-order valence-electron chi connectivity index (χ0n) is 9.82. The van der Waals surface area contributed by atoms with Crippen LogP contribution in [0.5, 0.6) is 0 Å². The van der Waals surface area contributed by atoms with E-state index in [9.17, 15) is 0 Å². The highest BCUT2D eigenvalue weighted by Gasteiger charge is 2.21. The lowest BCUT2D eigenvalue weighted by molar-refractivity contribution is -0.908. The molecule has 2 unspecified atom stereocenters. The largest absolute Gasteiger partial charge is 1.00 e. The van der Waals surface area contributed by atoms with Gasteiger partial charge < -0.3 is 17.3 Å². The van der Waals surface area contributed by atoms with Crippen molar-refractivity contribution in [3.63, 3.8) is 0 Å². The van der Waals surface area contributed by atoms with Crippen molar-refractivity contribution in [2.75, 3.05) is 19.6 Å². The lowest BCUT2D eigenvalue weighted by Gasteiger charge is -2.29. The SMILES string of the molecule is CCCCC1CCC[NH+](CCC)C1.[Cl-]. The van der Waals surface area contributed by atoms with Crippen LogP contribution < -0.4 is 17.3 Å². The summed E-state index contributed by atoms with van der Waals surface area (Å²) in [5.74, 6) is 1.05. The average molecular weight is 220 g/mol. The molecule has 0 amide bonds. The fourth-order valence-electron chi connectivity index (χ4n) is 2.57. The monoisotopic (exact) mass is 219 g/mol. The van der Waals surface area contributed by atoms with Crippen molar-refractivity contribution in [2.24, 2.45) is 5.92 Å². The van der Waals surface area contributed by atoms with Crippen LogP contribution >= 0.6 is 0 Å². The lowest BCUT2D eigenvalue weighted by atomic mass is 9.93. The second-order valence-electron chi connectivity index (χ2n) is 4.60. The predicted molar refractivity (Wildman–Crippen MR) is 58.1 cm³/mol. The molecule has 0 aromatic heterocycles. The van der Waals surface area contributed by atoms with E-state index in [1.54, 1.807) is 0 Å². The van der Waals surface area contributed by atoms with Crippen LogP contribution in [0.25, 0.3) is 0 Å². The van der Waals surface area contributed by atoms with E-state index in [1.807, 2.05) is 4.90 Å². The van der Waals surface area contributed by atoms with Gasteiger partial charge in [0.25, 0.3) is 0 Å². The highest BCUT2D eigenvalue weighted by Crippen LogP contribution is 2.14. The van der Waals surface area contributed by atoms with Crippen molar-refractivity contribution in [2.45, 2.75) is 52.4 Å². The van der Waals surface area contributed by atoms with Gasteiger partial charge >= 0.3 is 0 Å². The molecule has 0 aromatic rings. The van der Waals surface area contributed by atoms with Gasteiger partial charge in [0.15, 0.2) is 0 Å². The van der Waals surface area contributed by atoms with Gasteiger partial charge in [-0.15, -0.1) is 0 Å². The van der Waals surface area contributed by atoms with Crippen LogP contribution in [-0.4, -0.2) is 19.6 Å². The van der Waals surface area contributed by atoms with E-state index in [1.165, 1.54) is 58.2 Å². The van der Waals surface area contributed by atoms with Gasteiger partial charge in [0.1, 0.15) is 0 Å². The quantitative estimate of drug-likeness (QED) is 0.598. The van der Waals surface area contributed by atoms with Crippen LogP contribution in [-0.2, 0) is 0 Å². The molecule has 0 aliphatic carbocycles. The Kier molecular flexibility index (Phi) is 8.70. The standard InChI is InChI=1S/C12H25N.ClH/c1-3-5-7-12-8-6-10-13(11-12)9-4-2;/h12H,3-11H2,1-2H3;1H. The minimum Gasteiger partial charge on any atom is -1.00 e. The van der Waals surface area contributed by atoms with Gasteiger partial charge in [-0.05, 0) is 25.7 Å². The summed E-state index contributed by atoms with van der Waals surface area (Å²) in [5.41, 5.74) is 0. The molecular formula is C12H26ClN. The number of halogens is 1. The molecule has 1 heterocycles. The van der Waals surface area contributed by atoms with Gasteiger partial charge in [-0.3, -0.25) is 0 Å². The van der Waals surface area contributed by atoms with Crippen LogP contribution in [0.2, 0.25) is 0 Å². The number of nitrogens with one attached hydrogen (secondary N) is 1. The van der Waals surface area contributed by atoms with Gasteiger partial charge in [-0.1, -0.05) is 26.7 Å². The van der Waals surface area contributed by atoms with Gasteiger partial charge in [0.05, 0.1) is 19.6 Å². The summed E-state index contributed by atoms with van der Waals surface area (Å²) in [7, 11) is 0. The first-order valence-corrected chi connectivity index (χ1v) is 6.20. The Balaban J connectivity index is 0.00000169. The molecule has 1 fully saturated rings. The smallest absolute Gasteiger partial charge is 0.0799 e. The van der Waals surface area contributed by atoms with E-state index in [0.29, 0.717) is 0 Å². The minimum absolute atomic E-state index is 0. The van der Waals surface area contributed by atoms with E-state index in [0.717, 1.165) is 5.92 Å². The second-order valence-corrected chi connectivity index (χ2v) is 4.60. The highest BCUT2D eigenvalue weighted by molar-refractivity contribution is 4.61. The fraction of sp³-hybridized carbons (Fsp3) is 1.00. The minimum atomic E-state index is 0. The summed E-state index contributed by atoms with van der Waals surface area (Å²) >= 11 is 0. The van der Waals surface area contributed by atoms with E-state index >= 15 is 0 Å². The number of likely N-dealkylation sites (tertiary alicyclic amines) is 1. The Bertz CT molecular complexity index is 125. The van der Waals surface area contributed by atoms with Gasteiger partial charge in [0.2, 0.25) is 0 Å². The Hall–Kier alpha value is 0.250. The number of hydrogen-bond donors (Lipinski definition) is 1. The van der Waals surface area contributed by atoms with Crippen LogP contribution in [0.15, 0.2) is 0 Å². The Labute approximate surface area is 95.7 Å². The summed E-state index contributed by atoms with van der Waals surface area (Å²) < 4.78 is 0. The third kappa shape index (κ3) is 5.21. The van der Waals surface area contributed by atoms with Crippen LogP contribution in [0.4, 0.5) is 0 Å². The Morgan fingerprint density at radius 3 is 2.64 bits per heavy atom. The summed E-state index contributed by atoms with van der Waals surface area (Å²) in [6.07, 6.45) is 8.65. The molecule has 1 nitrogen and oxygen atoms in total. The zero-order valence-corrected chi connectivity index (χ0v) is 10.6. The maximum absolute atomic E-state index is 2.31. The van der Waals surface area contributed by atoms with Crippen molar-refractivity contribution < 1.29 is 17.3 Å². The predicted octanol–water partition coefficient (Wildman–Crippen LogP) is -1.11. The van der Waals surface area contributed by atoms with Crippen molar-refractivity contribution in [3.8, 4) is 0 Å². The van der Waals surface area contributed by atoms with Crippen molar-refractivity contribution in [1.29, 1.82) is 0 Å². The van der Waals surface area contributed by atoms with Crippen LogP contribution in [0, 0.1) is 5.92 Å². The molecule has 0 aromatic carbocycles. The molecule has 2 heteroatoms. The molecular weight excluding hydrogens is 194 g/mol. The van der Waals surface area contributed by atoms with Crippen LogP contribution in [0.3, 0.4) is 0 Å². The maximum atomic E-state index is 2.31. The summed E-state index contributed by atoms with van der Waals surface area (Å²) in [5, 5.41) is 0. The van der Waals surface area contributed by atoms with Crippen LogP contribution in [0.1, 0.15) is 52.4 Å². The molecule has 1 aliphatic rings. The lowest BCUT2D eigenvalue weighted by Crippen LogP contribution is -3.13. The van der Waals surface area contributed by atoms with E-state index in [-0.39, 0.29) is 12.4 Å². The first-order chi connectivity index (χ1) is 6.36. The molecule has 1 rings (SSSR count). The number of hydrogen-bond acceptors (Lipinski definition) is 0. The van der Waals surface area contributed by atoms with Gasteiger partial charge in [0, 0.05) is 5.92 Å². The fourth-order valence-corrected chi connectivity index (χ4v) is 2.57. The zero-order chi connectivity index (χ0) is 9.52. The third-order valence-corrected chi connectivity index (χ3v) is 3.29. The second kappa shape index (κ2) is 8.55. The maximum Gasteiger partial charge on any atom is 0.0799 e. The number of piperidine rings is 1. The molecule has 0 spiro atoms. The molecule has 1 aliphatic heterocycles. The van der Waals surface area contributed by atoms with Gasteiger partial charge in [-0.25, -0.2) is 0 Å². The Morgan fingerprint density at radius 1 is 1.21 bits per heavy atom. The van der Waals surface area contributed by atoms with Gasteiger partial charge in [-0.2, -0.15) is 0 Å². The summed E-state index contributed by atoms with van der Waals surface area (Å²) in [6.45, 7) is 8.93. The average Bonchev–Trinajstić information content (AvgIpc) is 2.16. The first-order valence-electron chi connectivity index (χ1n) is 6.20. The molecule has 1 saturated heterocycles. The summed E-state index contributed by atoms with van der Waals surface area (Å²) in [4.78, 5) is 1.87. The van der Waals surface area contributed by atoms with E-state index < -0.39 is 0 Å². The summed E-state index contributed by atoms with van der Waals surface area (Å²) in [6, 6.07) is 0. The molecule has 1 N–H and O–H groups in total. The molecule has 86 valence electrons. The third-order valence-electron chi connectivity index (χ3n) is 3.29. The number of unbranched alkanes of at least 4 members (excludes halogenated alkanes) is 1. The molecule has 0 radical (unpaired) electrons. The molecule has 2 atom stereocenters. The Morgan fingerprint density at radius 2 is 2.00 bits per heavy atom. The van der Waals surface area contributed by atoms with Crippen molar-refractivity contribution in [1.82, 2.24) is 0 Å². The highest BCUT2D eigenvalue weighted by atomic mass is 35.5. The molecule has 0 bridgehead atoms.